The minimum Gasteiger partial charge on any atom is -0.384 e. The summed E-state index contributed by atoms with van der Waals surface area (Å²) in [6, 6.07) is 9.92. The Hall–Kier alpha value is -0.860. The van der Waals surface area contributed by atoms with Crippen LogP contribution in [-0.2, 0) is 5.60 Å². The first-order chi connectivity index (χ1) is 7.58. The first kappa shape index (κ1) is 11.6. The van der Waals surface area contributed by atoms with Crippen molar-refractivity contribution in [1.82, 2.24) is 4.90 Å². The van der Waals surface area contributed by atoms with Crippen LogP contribution in [0.4, 0.5) is 0 Å². The van der Waals surface area contributed by atoms with Gasteiger partial charge in [-0.15, -0.1) is 0 Å². The van der Waals surface area contributed by atoms with Crippen LogP contribution in [0.15, 0.2) is 30.3 Å². The van der Waals surface area contributed by atoms with Gasteiger partial charge in [0.15, 0.2) is 0 Å². The fourth-order valence-electron chi connectivity index (χ4n) is 2.22. The van der Waals surface area contributed by atoms with Gasteiger partial charge in [0.2, 0.25) is 0 Å². The summed E-state index contributed by atoms with van der Waals surface area (Å²) in [5, 5.41) is 10.4. The zero-order chi connectivity index (χ0) is 11.6. The Kier molecular flexibility index (Phi) is 3.31. The maximum Gasteiger partial charge on any atom is 0.0994 e. The van der Waals surface area contributed by atoms with Gasteiger partial charge in [0.05, 0.1) is 5.60 Å². The number of aliphatic hydroxyl groups is 1. The Morgan fingerprint density at radius 2 is 1.94 bits per heavy atom. The van der Waals surface area contributed by atoms with Crippen molar-refractivity contribution in [3.63, 3.8) is 0 Å². The molecule has 88 valence electrons. The molecular formula is C14H21NO. The summed E-state index contributed by atoms with van der Waals surface area (Å²) >= 11 is 0. The quantitative estimate of drug-likeness (QED) is 0.821. The molecule has 1 saturated carbocycles. The summed E-state index contributed by atoms with van der Waals surface area (Å²) in [6.07, 6.45) is 2.72. The number of nitrogens with zero attached hydrogens (tertiary/aromatic N) is 1. The SMILES string of the molecule is CN(CC1CC1)CC(C)(O)c1ccccc1. The monoisotopic (exact) mass is 219 g/mol. The largest absolute Gasteiger partial charge is 0.384 e. The van der Waals surface area contributed by atoms with E-state index in [1.807, 2.05) is 37.3 Å². The summed E-state index contributed by atoms with van der Waals surface area (Å²) in [7, 11) is 2.09. The van der Waals surface area contributed by atoms with Gasteiger partial charge in [-0.1, -0.05) is 30.3 Å². The summed E-state index contributed by atoms with van der Waals surface area (Å²) < 4.78 is 0. The summed E-state index contributed by atoms with van der Waals surface area (Å²) in [4.78, 5) is 2.24. The Labute approximate surface area is 97.9 Å². The van der Waals surface area contributed by atoms with Gasteiger partial charge in [-0.25, -0.2) is 0 Å². The van der Waals surface area contributed by atoms with Crippen molar-refractivity contribution in [1.29, 1.82) is 0 Å². The van der Waals surface area contributed by atoms with Crippen molar-refractivity contribution >= 4 is 0 Å². The molecule has 1 aliphatic carbocycles. The van der Waals surface area contributed by atoms with Gasteiger partial charge in [-0.3, -0.25) is 0 Å². The summed E-state index contributed by atoms with van der Waals surface area (Å²) in [5.74, 6) is 0.872. The van der Waals surface area contributed by atoms with E-state index in [9.17, 15) is 5.11 Å². The third-order valence-corrected chi connectivity index (χ3v) is 3.24. The zero-order valence-electron chi connectivity index (χ0n) is 10.2. The molecule has 1 N–H and O–H groups in total. The lowest BCUT2D eigenvalue weighted by Crippen LogP contribution is -2.37. The molecule has 2 heteroatoms. The third-order valence-electron chi connectivity index (χ3n) is 3.24. The third kappa shape index (κ3) is 3.06. The Balaban J connectivity index is 1.95. The lowest BCUT2D eigenvalue weighted by Gasteiger charge is -2.29. The molecule has 2 rings (SSSR count). The molecule has 0 aliphatic heterocycles. The molecule has 0 bridgehead atoms. The van der Waals surface area contributed by atoms with Crippen LogP contribution < -0.4 is 0 Å². The minimum absolute atomic E-state index is 0.702. The maximum absolute atomic E-state index is 10.4. The van der Waals surface area contributed by atoms with E-state index in [0.29, 0.717) is 6.54 Å². The molecule has 1 fully saturated rings. The van der Waals surface area contributed by atoms with E-state index < -0.39 is 5.60 Å². The predicted octanol–water partition coefficient (Wildman–Crippen LogP) is 2.24. The van der Waals surface area contributed by atoms with Crippen LogP contribution in [0.25, 0.3) is 0 Å². The topological polar surface area (TPSA) is 23.5 Å². The van der Waals surface area contributed by atoms with Gasteiger partial charge in [-0.05, 0) is 38.3 Å². The van der Waals surface area contributed by atoms with Crippen molar-refractivity contribution in [3.05, 3.63) is 35.9 Å². The molecule has 0 amide bonds. The molecule has 0 aromatic heterocycles. The van der Waals surface area contributed by atoms with Gasteiger partial charge in [0, 0.05) is 13.1 Å². The highest BCUT2D eigenvalue weighted by Crippen LogP contribution is 2.30. The number of likely N-dealkylation sites (N-methyl/N-ethyl adjacent to an activating group) is 1. The van der Waals surface area contributed by atoms with E-state index in [1.165, 1.54) is 12.8 Å². The van der Waals surface area contributed by atoms with E-state index in [-0.39, 0.29) is 0 Å². The number of hydrogen-bond acceptors (Lipinski definition) is 2. The van der Waals surface area contributed by atoms with Gasteiger partial charge >= 0.3 is 0 Å². The maximum atomic E-state index is 10.4. The molecule has 2 nitrogen and oxygen atoms in total. The molecule has 1 aromatic carbocycles. The lowest BCUT2D eigenvalue weighted by atomic mass is 9.95. The molecule has 1 aromatic rings. The van der Waals surface area contributed by atoms with Crippen molar-refractivity contribution in [2.75, 3.05) is 20.1 Å². The van der Waals surface area contributed by atoms with Crippen LogP contribution in [0.2, 0.25) is 0 Å². The molecule has 0 spiro atoms. The van der Waals surface area contributed by atoms with E-state index in [0.717, 1.165) is 18.0 Å². The molecule has 1 aliphatic rings. The highest BCUT2D eigenvalue weighted by Gasteiger charge is 2.28. The molecule has 1 atom stereocenters. The average molecular weight is 219 g/mol. The highest BCUT2D eigenvalue weighted by molar-refractivity contribution is 5.21. The average Bonchev–Trinajstić information content (AvgIpc) is 3.02. The number of benzene rings is 1. The second-order valence-corrected chi connectivity index (χ2v) is 5.28. The van der Waals surface area contributed by atoms with Gasteiger partial charge < -0.3 is 10.0 Å². The Morgan fingerprint density at radius 1 is 1.31 bits per heavy atom. The number of rotatable bonds is 5. The molecule has 0 saturated heterocycles. The van der Waals surface area contributed by atoms with E-state index in [1.54, 1.807) is 0 Å². The first-order valence-electron chi connectivity index (χ1n) is 6.04. The highest BCUT2D eigenvalue weighted by atomic mass is 16.3. The van der Waals surface area contributed by atoms with Crippen molar-refractivity contribution in [2.45, 2.75) is 25.4 Å². The normalized spacial score (nSPS) is 19.8. The summed E-state index contributed by atoms with van der Waals surface area (Å²) in [6.45, 7) is 3.71. The van der Waals surface area contributed by atoms with Crippen molar-refractivity contribution in [3.8, 4) is 0 Å². The zero-order valence-corrected chi connectivity index (χ0v) is 10.2. The van der Waals surface area contributed by atoms with Crippen LogP contribution in [0.3, 0.4) is 0 Å². The Morgan fingerprint density at radius 3 is 2.50 bits per heavy atom. The van der Waals surface area contributed by atoms with Crippen LogP contribution in [0, 0.1) is 5.92 Å². The van der Waals surface area contributed by atoms with Crippen LogP contribution in [0.5, 0.6) is 0 Å². The molecule has 0 radical (unpaired) electrons. The van der Waals surface area contributed by atoms with Crippen LogP contribution >= 0.6 is 0 Å². The molecular weight excluding hydrogens is 198 g/mol. The van der Waals surface area contributed by atoms with E-state index in [4.69, 9.17) is 0 Å². The van der Waals surface area contributed by atoms with Crippen molar-refractivity contribution in [2.24, 2.45) is 5.92 Å². The molecule has 0 heterocycles. The van der Waals surface area contributed by atoms with Gasteiger partial charge in [0.1, 0.15) is 0 Å². The minimum atomic E-state index is -0.745. The first-order valence-corrected chi connectivity index (χ1v) is 6.04. The van der Waals surface area contributed by atoms with E-state index >= 15 is 0 Å². The lowest BCUT2D eigenvalue weighted by molar-refractivity contribution is 0.0223. The van der Waals surface area contributed by atoms with Crippen LogP contribution in [0.1, 0.15) is 25.3 Å². The molecule has 1 unspecified atom stereocenters. The van der Waals surface area contributed by atoms with Crippen LogP contribution in [-0.4, -0.2) is 30.1 Å². The summed E-state index contributed by atoms with van der Waals surface area (Å²) in [5.41, 5.74) is 0.253. The van der Waals surface area contributed by atoms with Gasteiger partial charge in [-0.2, -0.15) is 0 Å². The second kappa shape index (κ2) is 4.56. The fraction of sp³-hybridized carbons (Fsp3) is 0.571. The smallest absolute Gasteiger partial charge is 0.0994 e. The second-order valence-electron chi connectivity index (χ2n) is 5.28. The standard InChI is InChI=1S/C14H21NO/c1-14(16,13-6-4-3-5-7-13)11-15(2)10-12-8-9-12/h3-7,12,16H,8-11H2,1-2H3. The number of hydrogen-bond donors (Lipinski definition) is 1. The van der Waals surface area contributed by atoms with Crippen molar-refractivity contribution < 1.29 is 5.11 Å². The predicted molar refractivity (Wildman–Crippen MR) is 66.2 cm³/mol. The molecule has 16 heavy (non-hydrogen) atoms. The fourth-order valence-corrected chi connectivity index (χ4v) is 2.22. The van der Waals surface area contributed by atoms with Gasteiger partial charge in [0.25, 0.3) is 0 Å². The van der Waals surface area contributed by atoms with E-state index in [2.05, 4.69) is 11.9 Å². The Bertz CT molecular complexity index is 330.